The second kappa shape index (κ2) is 6.17. The molecular formula is C15H15BrN2S. The third-order valence-corrected chi connectivity index (χ3v) is 3.63. The van der Waals surface area contributed by atoms with Gasteiger partial charge in [-0.3, -0.25) is 0 Å². The van der Waals surface area contributed by atoms with E-state index >= 15 is 0 Å². The number of rotatable bonds is 4. The van der Waals surface area contributed by atoms with Crippen molar-refractivity contribution in [3.63, 3.8) is 0 Å². The molecule has 0 saturated heterocycles. The molecule has 1 atom stereocenters. The van der Waals surface area contributed by atoms with Gasteiger partial charge in [0.15, 0.2) is 0 Å². The minimum atomic E-state index is 0.184. The second-order valence-corrected chi connectivity index (χ2v) is 5.69. The van der Waals surface area contributed by atoms with Gasteiger partial charge >= 0.3 is 0 Å². The van der Waals surface area contributed by atoms with E-state index < -0.39 is 0 Å². The molecule has 4 heteroatoms. The Kier molecular flexibility index (Phi) is 4.56. The van der Waals surface area contributed by atoms with Gasteiger partial charge in [-0.2, -0.15) is 0 Å². The number of hydrogen-bond acceptors (Lipinski definition) is 2. The summed E-state index contributed by atoms with van der Waals surface area (Å²) < 4.78 is 0.996. The SMILES string of the molecule is CC(Nc1cc(Br)ccc1C(N)=S)c1ccccc1. The lowest BCUT2D eigenvalue weighted by Crippen LogP contribution is -2.15. The molecule has 0 heterocycles. The molecule has 0 radical (unpaired) electrons. The van der Waals surface area contributed by atoms with Gasteiger partial charge in [-0.15, -0.1) is 0 Å². The molecule has 0 aliphatic heterocycles. The molecular weight excluding hydrogens is 320 g/mol. The highest BCUT2D eigenvalue weighted by Crippen LogP contribution is 2.25. The van der Waals surface area contributed by atoms with Crippen LogP contribution in [0.2, 0.25) is 0 Å². The molecule has 2 aromatic carbocycles. The molecule has 19 heavy (non-hydrogen) atoms. The first-order valence-electron chi connectivity index (χ1n) is 5.99. The van der Waals surface area contributed by atoms with E-state index in [9.17, 15) is 0 Å². The van der Waals surface area contributed by atoms with Gasteiger partial charge in [0.1, 0.15) is 4.99 Å². The van der Waals surface area contributed by atoms with Crippen molar-refractivity contribution < 1.29 is 0 Å². The van der Waals surface area contributed by atoms with E-state index in [1.54, 1.807) is 0 Å². The quantitative estimate of drug-likeness (QED) is 0.820. The lowest BCUT2D eigenvalue weighted by molar-refractivity contribution is 0.884. The summed E-state index contributed by atoms with van der Waals surface area (Å²) in [4.78, 5) is 0.398. The number of thiocarbonyl (C=S) groups is 1. The summed E-state index contributed by atoms with van der Waals surface area (Å²) in [5.74, 6) is 0. The van der Waals surface area contributed by atoms with Crippen LogP contribution in [-0.4, -0.2) is 4.99 Å². The largest absolute Gasteiger partial charge is 0.389 e. The summed E-state index contributed by atoms with van der Waals surface area (Å²) in [6.45, 7) is 2.11. The monoisotopic (exact) mass is 334 g/mol. The molecule has 0 amide bonds. The van der Waals surface area contributed by atoms with Crippen LogP contribution in [0.15, 0.2) is 53.0 Å². The van der Waals surface area contributed by atoms with E-state index in [0.29, 0.717) is 4.99 Å². The van der Waals surface area contributed by atoms with Crippen LogP contribution in [0.3, 0.4) is 0 Å². The maximum atomic E-state index is 5.76. The number of halogens is 1. The zero-order valence-electron chi connectivity index (χ0n) is 10.6. The van der Waals surface area contributed by atoms with E-state index in [4.69, 9.17) is 18.0 Å². The summed E-state index contributed by atoms with van der Waals surface area (Å²) in [5.41, 5.74) is 8.78. The van der Waals surface area contributed by atoms with Crippen LogP contribution < -0.4 is 11.1 Å². The molecule has 0 fully saturated rings. The molecule has 0 spiro atoms. The van der Waals surface area contributed by atoms with Crippen molar-refractivity contribution in [2.24, 2.45) is 5.73 Å². The molecule has 1 unspecified atom stereocenters. The number of nitrogens with two attached hydrogens (primary N) is 1. The first-order valence-corrected chi connectivity index (χ1v) is 7.19. The van der Waals surface area contributed by atoms with Crippen molar-refractivity contribution in [2.45, 2.75) is 13.0 Å². The van der Waals surface area contributed by atoms with Crippen LogP contribution in [0.4, 0.5) is 5.69 Å². The van der Waals surface area contributed by atoms with E-state index in [2.05, 4.69) is 40.3 Å². The van der Waals surface area contributed by atoms with Crippen LogP contribution in [0, 0.1) is 0 Å². The highest BCUT2D eigenvalue weighted by molar-refractivity contribution is 9.10. The highest BCUT2D eigenvalue weighted by Gasteiger charge is 2.10. The van der Waals surface area contributed by atoms with Crippen LogP contribution in [0.1, 0.15) is 24.1 Å². The molecule has 0 aliphatic carbocycles. The standard InChI is InChI=1S/C15H15BrN2S/c1-10(11-5-3-2-4-6-11)18-14-9-12(16)7-8-13(14)15(17)19/h2-10,18H,1H3,(H2,17,19). The Balaban J connectivity index is 2.28. The average molecular weight is 335 g/mol. The first kappa shape index (κ1) is 14.0. The predicted molar refractivity (Wildman–Crippen MR) is 88.5 cm³/mol. The third-order valence-electron chi connectivity index (χ3n) is 2.92. The normalized spacial score (nSPS) is 11.9. The second-order valence-electron chi connectivity index (χ2n) is 4.33. The minimum Gasteiger partial charge on any atom is -0.389 e. The molecule has 0 aromatic heterocycles. The smallest absolute Gasteiger partial charge is 0.106 e. The Morgan fingerprint density at radius 1 is 1.21 bits per heavy atom. The van der Waals surface area contributed by atoms with Gasteiger partial charge in [0.2, 0.25) is 0 Å². The molecule has 2 aromatic rings. The van der Waals surface area contributed by atoms with Crippen molar-refractivity contribution in [3.05, 3.63) is 64.1 Å². The lowest BCUT2D eigenvalue weighted by Gasteiger charge is -2.18. The molecule has 0 saturated carbocycles. The Hall–Kier alpha value is -1.39. The van der Waals surface area contributed by atoms with Crippen LogP contribution >= 0.6 is 28.1 Å². The Labute approximate surface area is 127 Å². The summed E-state index contributed by atoms with van der Waals surface area (Å²) in [5, 5.41) is 3.45. The molecule has 0 bridgehead atoms. The van der Waals surface area contributed by atoms with Gasteiger partial charge in [0, 0.05) is 21.8 Å². The van der Waals surface area contributed by atoms with Crippen molar-refractivity contribution >= 4 is 38.8 Å². The number of hydrogen-bond donors (Lipinski definition) is 2. The van der Waals surface area contributed by atoms with E-state index in [1.807, 2.05) is 36.4 Å². The van der Waals surface area contributed by atoms with E-state index in [1.165, 1.54) is 5.56 Å². The molecule has 2 nitrogen and oxygen atoms in total. The zero-order valence-corrected chi connectivity index (χ0v) is 13.0. The zero-order chi connectivity index (χ0) is 13.8. The first-order chi connectivity index (χ1) is 9.08. The minimum absolute atomic E-state index is 0.184. The Morgan fingerprint density at radius 2 is 1.89 bits per heavy atom. The van der Waals surface area contributed by atoms with Crippen molar-refractivity contribution in [2.75, 3.05) is 5.32 Å². The van der Waals surface area contributed by atoms with Crippen LogP contribution in [0.25, 0.3) is 0 Å². The highest BCUT2D eigenvalue weighted by atomic mass is 79.9. The molecule has 98 valence electrons. The van der Waals surface area contributed by atoms with Gasteiger partial charge < -0.3 is 11.1 Å². The summed E-state index contributed by atoms with van der Waals surface area (Å²) in [7, 11) is 0. The predicted octanol–water partition coefficient (Wildman–Crippen LogP) is 4.26. The maximum absolute atomic E-state index is 5.76. The van der Waals surface area contributed by atoms with Gasteiger partial charge in [-0.1, -0.05) is 58.5 Å². The Bertz CT molecular complexity index is 584. The fourth-order valence-corrected chi connectivity index (χ4v) is 2.45. The molecule has 2 rings (SSSR count). The van der Waals surface area contributed by atoms with Gasteiger partial charge in [-0.25, -0.2) is 0 Å². The van der Waals surface area contributed by atoms with Crippen LogP contribution in [-0.2, 0) is 0 Å². The Morgan fingerprint density at radius 3 is 2.53 bits per heavy atom. The van der Waals surface area contributed by atoms with Crippen molar-refractivity contribution in [1.82, 2.24) is 0 Å². The fourth-order valence-electron chi connectivity index (χ4n) is 1.91. The van der Waals surface area contributed by atoms with Gasteiger partial charge in [0.05, 0.1) is 0 Å². The summed E-state index contributed by atoms with van der Waals surface area (Å²) in [6, 6.07) is 16.3. The third kappa shape index (κ3) is 3.55. The molecule has 0 aliphatic rings. The van der Waals surface area contributed by atoms with Crippen molar-refractivity contribution in [3.8, 4) is 0 Å². The van der Waals surface area contributed by atoms with E-state index in [0.717, 1.165) is 15.7 Å². The number of anilines is 1. The summed E-state index contributed by atoms with van der Waals surface area (Å²) >= 11 is 8.55. The topological polar surface area (TPSA) is 38.0 Å². The average Bonchev–Trinajstić information content (AvgIpc) is 2.39. The maximum Gasteiger partial charge on any atom is 0.106 e. The molecule has 3 N–H and O–H groups in total. The fraction of sp³-hybridized carbons (Fsp3) is 0.133. The van der Waals surface area contributed by atoms with Crippen molar-refractivity contribution in [1.29, 1.82) is 0 Å². The number of benzene rings is 2. The number of nitrogens with one attached hydrogen (secondary N) is 1. The van der Waals surface area contributed by atoms with E-state index in [-0.39, 0.29) is 6.04 Å². The van der Waals surface area contributed by atoms with Gasteiger partial charge in [0.25, 0.3) is 0 Å². The van der Waals surface area contributed by atoms with Gasteiger partial charge in [-0.05, 0) is 30.7 Å². The van der Waals surface area contributed by atoms with Crippen LogP contribution in [0.5, 0.6) is 0 Å². The lowest BCUT2D eigenvalue weighted by atomic mass is 10.1. The summed E-state index contributed by atoms with van der Waals surface area (Å²) in [6.07, 6.45) is 0.